The Morgan fingerprint density at radius 2 is 1.27 bits per heavy atom. The normalized spacial score (nSPS) is 20.0. The Kier molecular flexibility index (Phi) is 6.47. The van der Waals surface area contributed by atoms with Crippen LogP contribution in [-0.4, -0.2) is 12.1 Å². The minimum absolute atomic E-state index is 0.0621. The van der Waals surface area contributed by atoms with Crippen molar-refractivity contribution in [1.82, 2.24) is 0 Å². The molecule has 0 fully saturated rings. The van der Waals surface area contributed by atoms with Gasteiger partial charge < -0.3 is 9.80 Å². The molecule has 0 aromatic heterocycles. The third-order valence-electron chi connectivity index (χ3n) is 8.96. The lowest BCUT2D eigenvalue weighted by Crippen LogP contribution is -2.43. The summed E-state index contributed by atoms with van der Waals surface area (Å²) < 4.78 is 0. The van der Waals surface area contributed by atoms with Gasteiger partial charge in [-0.25, -0.2) is 0 Å². The highest BCUT2D eigenvalue weighted by atomic mass is 15.2. The third-order valence-corrected chi connectivity index (χ3v) is 8.96. The van der Waals surface area contributed by atoms with Gasteiger partial charge in [0.05, 0.1) is 12.1 Å². The maximum atomic E-state index is 2.62. The maximum Gasteiger partial charge on any atom is 0.0520 e. The summed E-state index contributed by atoms with van der Waals surface area (Å²) in [5, 5.41) is 0. The first kappa shape index (κ1) is 25.4. The van der Waals surface area contributed by atoms with Crippen molar-refractivity contribution >= 4 is 28.3 Å². The molecule has 2 nitrogen and oxygen atoms in total. The number of hydrogen-bond acceptors (Lipinski definition) is 2. The van der Waals surface area contributed by atoms with Gasteiger partial charge >= 0.3 is 0 Å². The Labute approximate surface area is 244 Å². The predicted octanol–water partition coefficient (Wildman–Crippen LogP) is 9.92. The summed E-state index contributed by atoms with van der Waals surface area (Å²) in [6, 6.07) is 40.0. The molecule has 0 saturated heterocycles. The van der Waals surface area contributed by atoms with Crippen molar-refractivity contribution < 1.29 is 0 Å². The molecular weight excluding hydrogens is 496 g/mol. The summed E-state index contributed by atoms with van der Waals surface area (Å²) >= 11 is 0. The van der Waals surface area contributed by atoms with Crippen LogP contribution in [0.2, 0.25) is 0 Å². The van der Waals surface area contributed by atoms with E-state index in [-0.39, 0.29) is 5.41 Å². The molecule has 3 aliphatic rings. The van der Waals surface area contributed by atoms with Crippen LogP contribution in [0.4, 0.5) is 22.7 Å². The summed E-state index contributed by atoms with van der Waals surface area (Å²) in [6.45, 7) is 4.83. The molecule has 202 valence electrons. The Morgan fingerprint density at radius 1 is 0.634 bits per heavy atom. The summed E-state index contributed by atoms with van der Waals surface area (Å²) in [6.07, 6.45) is 15.9. The Morgan fingerprint density at radius 3 is 1.88 bits per heavy atom. The van der Waals surface area contributed by atoms with Crippen LogP contribution >= 0.6 is 0 Å². The number of rotatable bonds is 6. The molecule has 7 rings (SSSR count). The van der Waals surface area contributed by atoms with E-state index in [0.717, 1.165) is 12.8 Å². The van der Waals surface area contributed by atoms with Crippen LogP contribution in [0.15, 0.2) is 151 Å². The van der Waals surface area contributed by atoms with Gasteiger partial charge in [-0.1, -0.05) is 111 Å². The summed E-state index contributed by atoms with van der Waals surface area (Å²) in [4.78, 5) is 4.99. The van der Waals surface area contributed by atoms with E-state index < -0.39 is 0 Å². The van der Waals surface area contributed by atoms with Crippen LogP contribution in [0, 0.1) is 0 Å². The molecule has 0 heterocycles. The third kappa shape index (κ3) is 4.54. The van der Waals surface area contributed by atoms with Crippen molar-refractivity contribution in [3.8, 4) is 0 Å². The summed E-state index contributed by atoms with van der Waals surface area (Å²) in [7, 11) is 0. The number of fused-ring (bicyclic) bond motifs is 2. The second-order valence-corrected chi connectivity index (χ2v) is 11.7. The predicted molar refractivity (Wildman–Crippen MR) is 174 cm³/mol. The molecule has 41 heavy (non-hydrogen) atoms. The lowest BCUT2D eigenvalue weighted by Gasteiger charge is -2.41. The van der Waals surface area contributed by atoms with E-state index in [0.29, 0.717) is 12.1 Å². The SMILES string of the molecule is CC1(C)C2=C(C=CC(N(c3ccccc3)C3C=CC=CC3)C2)c2ccc(N(c3ccccc3)c3ccccc3)cc21. The molecule has 2 atom stereocenters. The van der Waals surface area contributed by atoms with Gasteiger partial charge in [0.15, 0.2) is 0 Å². The molecule has 0 bridgehead atoms. The molecule has 0 N–H and O–H groups in total. The Balaban J connectivity index is 1.25. The van der Waals surface area contributed by atoms with Crippen LogP contribution in [0.25, 0.3) is 5.57 Å². The zero-order valence-electron chi connectivity index (χ0n) is 23.8. The zero-order valence-corrected chi connectivity index (χ0v) is 23.8. The smallest absolute Gasteiger partial charge is 0.0520 e. The number of allylic oxidation sites excluding steroid dienone is 4. The monoisotopic (exact) mass is 532 g/mol. The molecule has 2 unspecified atom stereocenters. The van der Waals surface area contributed by atoms with E-state index in [1.807, 2.05) is 0 Å². The number of nitrogens with zero attached hydrogens (tertiary/aromatic N) is 2. The van der Waals surface area contributed by atoms with Gasteiger partial charge in [-0.15, -0.1) is 0 Å². The molecule has 4 aromatic rings. The quantitative estimate of drug-likeness (QED) is 0.244. The van der Waals surface area contributed by atoms with Gasteiger partial charge in [-0.3, -0.25) is 0 Å². The van der Waals surface area contributed by atoms with Crippen molar-refractivity contribution in [2.24, 2.45) is 0 Å². The maximum absolute atomic E-state index is 2.62. The topological polar surface area (TPSA) is 6.48 Å². The molecule has 0 aliphatic heterocycles. The van der Waals surface area contributed by atoms with Crippen molar-refractivity contribution in [3.63, 3.8) is 0 Å². The van der Waals surface area contributed by atoms with E-state index in [2.05, 4.69) is 169 Å². The van der Waals surface area contributed by atoms with Crippen molar-refractivity contribution in [2.45, 2.75) is 44.2 Å². The number of hydrogen-bond donors (Lipinski definition) is 0. The fourth-order valence-electron chi connectivity index (χ4n) is 6.92. The molecule has 0 saturated carbocycles. The van der Waals surface area contributed by atoms with E-state index in [1.54, 1.807) is 5.57 Å². The molecular formula is C39H36N2. The zero-order chi connectivity index (χ0) is 27.8. The van der Waals surface area contributed by atoms with E-state index in [9.17, 15) is 0 Å². The minimum Gasteiger partial charge on any atom is -0.358 e. The Hall–Kier alpha value is -4.56. The summed E-state index contributed by atoms with van der Waals surface area (Å²) in [5.74, 6) is 0. The van der Waals surface area contributed by atoms with Crippen LogP contribution in [0.3, 0.4) is 0 Å². The van der Waals surface area contributed by atoms with Crippen LogP contribution in [0.1, 0.15) is 37.8 Å². The second kappa shape index (κ2) is 10.4. The fourth-order valence-corrected chi connectivity index (χ4v) is 6.92. The van der Waals surface area contributed by atoms with E-state index >= 15 is 0 Å². The highest BCUT2D eigenvalue weighted by molar-refractivity contribution is 5.89. The number of benzene rings is 4. The lowest BCUT2D eigenvalue weighted by molar-refractivity contribution is 0.549. The highest BCUT2D eigenvalue weighted by Crippen LogP contribution is 2.52. The largest absolute Gasteiger partial charge is 0.358 e. The Bertz CT molecular complexity index is 1620. The van der Waals surface area contributed by atoms with E-state index in [4.69, 9.17) is 0 Å². The van der Waals surface area contributed by atoms with Gasteiger partial charge in [-0.05, 0) is 83.6 Å². The lowest BCUT2D eigenvalue weighted by atomic mass is 9.77. The summed E-state index contributed by atoms with van der Waals surface area (Å²) in [5.41, 5.74) is 10.5. The molecule has 0 spiro atoms. The van der Waals surface area contributed by atoms with Gasteiger partial charge in [0.2, 0.25) is 0 Å². The van der Waals surface area contributed by atoms with Crippen molar-refractivity contribution in [1.29, 1.82) is 0 Å². The van der Waals surface area contributed by atoms with Crippen molar-refractivity contribution in [3.05, 3.63) is 162 Å². The van der Waals surface area contributed by atoms with Crippen molar-refractivity contribution in [2.75, 3.05) is 9.80 Å². The average molecular weight is 533 g/mol. The first-order valence-electron chi connectivity index (χ1n) is 14.7. The number of anilines is 4. The van der Waals surface area contributed by atoms with Crippen LogP contribution in [-0.2, 0) is 5.41 Å². The van der Waals surface area contributed by atoms with Gasteiger partial charge in [0.1, 0.15) is 0 Å². The standard InChI is InChI=1S/C39H36N2/c1-39(2)37-27-33(40(29-15-7-3-8-16-29)30-17-9-4-10-18-30)23-25-35(37)36-26-24-34(28-38(36)39)41(31-19-11-5-12-20-31)32-21-13-6-14-22-32/h3-21,23-27,32,34H,22,28H2,1-2H3. The number of para-hydroxylation sites is 3. The van der Waals surface area contributed by atoms with Crippen LogP contribution < -0.4 is 9.80 Å². The minimum atomic E-state index is -0.0621. The molecule has 2 heteroatoms. The van der Waals surface area contributed by atoms with Gasteiger partial charge in [-0.2, -0.15) is 0 Å². The van der Waals surface area contributed by atoms with Gasteiger partial charge in [0.25, 0.3) is 0 Å². The first-order valence-corrected chi connectivity index (χ1v) is 14.7. The molecule has 4 aromatic carbocycles. The molecule has 0 radical (unpaired) electrons. The fraction of sp³-hybridized carbons (Fsp3) is 0.179. The first-order chi connectivity index (χ1) is 20.1. The van der Waals surface area contributed by atoms with Gasteiger partial charge in [0, 0.05) is 28.2 Å². The average Bonchev–Trinajstić information content (AvgIpc) is 3.25. The van der Waals surface area contributed by atoms with E-state index in [1.165, 1.54) is 39.4 Å². The molecule has 0 amide bonds. The van der Waals surface area contributed by atoms with Crippen LogP contribution in [0.5, 0.6) is 0 Å². The highest BCUT2D eigenvalue weighted by Gasteiger charge is 2.41. The second-order valence-electron chi connectivity index (χ2n) is 11.7. The molecule has 3 aliphatic carbocycles.